The van der Waals surface area contributed by atoms with Crippen molar-refractivity contribution >= 4 is 17.3 Å². The molecule has 0 saturated carbocycles. The molecular formula is C16H14ClF4N5O2. The van der Waals surface area contributed by atoms with Crippen LogP contribution >= 0.6 is 11.6 Å². The largest absolute Gasteiger partial charge is 0.416 e. The summed E-state index contributed by atoms with van der Waals surface area (Å²) in [5, 5.41) is 12.0. The molecule has 3 rings (SSSR count). The molecule has 12 heteroatoms. The van der Waals surface area contributed by atoms with Crippen LogP contribution in [0, 0.1) is 0 Å². The van der Waals surface area contributed by atoms with E-state index in [1.807, 2.05) is 0 Å². The molecule has 0 amide bonds. The molecule has 2 heterocycles. The Morgan fingerprint density at radius 1 is 1.18 bits per heavy atom. The van der Waals surface area contributed by atoms with Crippen LogP contribution in [0.15, 0.2) is 58.4 Å². The van der Waals surface area contributed by atoms with Crippen LogP contribution in [0.25, 0.3) is 5.69 Å². The number of rotatable bonds is 2. The highest BCUT2D eigenvalue weighted by molar-refractivity contribution is 6.32. The Hall–Kier alpha value is -3.21. The topological polar surface area (TPSA) is 92.7 Å². The number of H-pyrrole nitrogens is 1. The van der Waals surface area contributed by atoms with E-state index in [-0.39, 0.29) is 21.0 Å². The maximum absolute atomic E-state index is 12.6. The maximum Gasteiger partial charge on any atom is 0.416 e. The molecule has 0 fully saturated rings. The molecule has 3 aromatic rings. The third-order valence-corrected chi connectivity index (χ3v) is 3.55. The molecule has 0 radical (unpaired) electrons. The predicted molar refractivity (Wildman–Crippen MR) is 96.8 cm³/mol. The summed E-state index contributed by atoms with van der Waals surface area (Å²) in [6.45, 7) is 0. The van der Waals surface area contributed by atoms with Crippen LogP contribution in [0.3, 0.4) is 0 Å². The van der Waals surface area contributed by atoms with E-state index in [0.29, 0.717) is 5.69 Å². The normalized spacial score (nSPS) is 10.3. The second-order valence-corrected chi connectivity index (χ2v) is 5.38. The number of aromatic nitrogens is 4. The lowest BCUT2D eigenvalue weighted by atomic mass is 10.2. The van der Waals surface area contributed by atoms with Gasteiger partial charge < -0.3 is 5.32 Å². The molecule has 0 bridgehead atoms. The van der Waals surface area contributed by atoms with E-state index in [9.17, 15) is 22.8 Å². The minimum absolute atomic E-state index is 0. The first-order valence-corrected chi connectivity index (χ1v) is 7.74. The van der Waals surface area contributed by atoms with Gasteiger partial charge in [-0.05, 0) is 24.3 Å². The number of halogens is 5. The Labute approximate surface area is 160 Å². The second kappa shape index (κ2) is 9.65. The summed E-state index contributed by atoms with van der Waals surface area (Å²) in [6.07, 6.45) is -1.71. The van der Waals surface area contributed by atoms with Gasteiger partial charge in [0.15, 0.2) is 0 Å². The molecule has 7 nitrogen and oxygen atoms in total. The third-order valence-electron chi connectivity index (χ3n) is 3.19. The monoisotopic (exact) mass is 419 g/mol. The maximum atomic E-state index is 12.6. The average molecular weight is 420 g/mol. The van der Waals surface area contributed by atoms with E-state index in [2.05, 4.69) is 20.6 Å². The van der Waals surface area contributed by atoms with E-state index in [0.717, 1.165) is 16.8 Å². The second-order valence-electron chi connectivity index (χ2n) is 5.00. The molecule has 2 aromatic heterocycles. The predicted octanol–water partition coefficient (Wildman–Crippen LogP) is 2.87. The fourth-order valence-corrected chi connectivity index (χ4v) is 2.14. The molecule has 0 atom stereocenters. The van der Waals surface area contributed by atoms with Gasteiger partial charge in [-0.1, -0.05) is 17.7 Å². The van der Waals surface area contributed by atoms with Crippen molar-refractivity contribution in [1.29, 1.82) is 0 Å². The number of hydrogen-bond donors (Lipinski definition) is 2. The Morgan fingerprint density at radius 2 is 1.89 bits per heavy atom. The minimum Gasteiger partial charge on any atom is -0.385 e. The molecule has 0 unspecified atom stereocenters. The van der Waals surface area contributed by atoms with Crippen molar-refractivity contribution in [2.75, 3.05) is 12.4 Å². The standard InChI is InChI=1S/C12H9ClF3N3O.C4H4N2O.FH/c1-17-9-6-18-19(11(20)10(9)13)8-4-2-3-7(5-8)12(14,15)16;7-4-2-1-3-5-6-4;/h2-6,17H,1H3;1-3H,(H,6,7);1H. The molecule has 0 spiro atoms. The highest BCUT2D eigenvalue weighted by Gasteiger charge is 2.30. The summed E-state index contributed by atoms with van der Waals surface area (Å²) in [4.78, 5) is 22.1. The number of nitrogens with one attached hydrogen (secondary N) is 2. The van der Waals surface area contributed by atoms with Crippen LogP contribution in [-0.4, -0.2) is 27.0 Å². The zero-order chi connectivity index (χ0) is 20.0. The van der Waals surface area contributed by atoms with Crippen LogP contribution in [0.5, 0.6) is 0 Å². The lowest BCUT2D eigenvalue weighted by Crippen LogP contribution is -2.22. The quantitative estimate of drug-likeness (QED) is 0.623. The highest BCUT2D eigenvalue weighted by atomic mass is 35.5. The van der Waals surface area contributed by atoms with Crippen molar-refractivity contribution in [1.82, 2.24) is 20.0 Å². The summed E-state index contributed by atoms with van der Waals surface area (Å²) in [5.74, 6) is 0. The lowest BCUT2D eigenvalue weighted by Gasteiger charge is -2.10. The lowest BCUT2D eigenvalue weighted by molar-refractivity contribution is -0.137. The van der Waals surface area contributed by atoms with Gasteiger partial charge in [0.1, 0.15) is 5.02 Å². The fraction of sp³-hybridized carbons (Fsp3) is 0.125. The molecule has 28 heavy (non-hydrogen) atoms. The number of anilines is 1. The summed E-state index contributed by atoms with van der Waals surface area (Å²) >= 11 is 5.82. The zero-order valence-corrected chi connectivity index (χ0v) is 15.0. The van der Waals surface area contributed by atoms with Gasteiger partial charge in [-0.3, -0.25) is 14.3 Å². The summed E-state index contributed by atoms with van der Waals surface area (Å²) in [7, 11) is 1.55. The number of nitrogens with zero attached hydrogens (tertiary/aromatic N) is 3. The van der Waals surface area contributed by atoms with E-state index in [4.69, 9.17) is 11.6 Å². The fourth-order valence-electron chi connectivity index (χ4n) is 1.92. The average Bonchev–Trinajstić information content (AvgIpc) is 2.64. The SMILES string of the molecule is CNc1cnn(-c2cccc(C(F)(F)F)c2)c(=O)c1Cl.F.O=c1cccn[nH]1. The van der Waals surface area contributed by atoms with Gasteiger partial charge in [0, 0.05) is 19.3 Å². The Balaban J connectivity index is 0.000000414. The van der Waals surface area contributed by atoms with Gasteiger partial charge in [0.25, 0.3) is 11.1 Å². The first-order valence-electron chi connectivity index (χ1n) is 7.37. The Bertz CT molecular complexity index is 1020. The van der Waals surface area contributed by atoms with Gasteiger partial charge in [0.2, 0.25) is 0 Å². The molecular weight excluding hydrogens is 406 g/mol. The smallest absolute Gasteiger partial charge is 0.385 e. The molecule has 150 valence electrons. The number of alkyl halides is 3. The van der Waals surface area contributed by atoms with Crippen LogP contribution in [0.1, 0.15) is 5.56 Å². The number of benzene rings is 1. The Kier molecular flexibility index (Phi) is 7.87. The molecule has 0 aliphatic carbocycles. The molecule has 2 N–H and O–H groups in total. The first kappa shape index (κ1) is 22.8. The van der Waals surface area contributed by atoms with Crippen molar-refractivity contribution < 1.29 is 17.9 Å². The van der Waals surface area contributed by atoms with Crippen molar-refractivity contribution in [2.24, 2.45) is 0 Å². The molecule has 0 aliphatic rings. The van der Waals surface area contributed by atoms with E-state index in [1.54, 1.807) is 13.1 Å². The van der Waals surface area contributed by atoms with Gasteiger partial charge >= 0.3 is 6.18 Å². The van der Waals surface area contributed by atoms with E-state index in [1.165, 1.54) is 30.6 Å². The van der Waals surface area contributed by atoms with Gasteiger partial charge in [0.05, 0.1) is 23.1 Å². The highest BCUT2D eigenvalue weighted by Crippen LogP contribution is 2.30. The number of aromatic amines is 1. The summed E-state index contributed by atoms with van der Waals surface area (Å²) < 4.78 is 38.7. The van der Waals surface area contributed by atoms with Gasteiger partial charge in [-0.2, -0.15) is 28.1 Å². The van der Waals surface area contributed by atoms with Crippen LogP contribution in [0.2, 0.25) is 5.02 Å². The van der Waals surface area contributed by atoms with Crippen LogP contribution in [-0.2, 0) is 6.18 Å². The number of hydrogen-bond acceptors (Lipinski definition) is 5. The van der Waals surface area contributed by atoms with E-state index < -0.39 is 17.3 Å². The van der Waals surface area contributed by atoms with Crippen molar-refractivity contribution in [3.63, 3.8) is 0 Å². The van der Waals surface area contributed by atoms with Gasteiger partial charge in [-0.15, -0.1) is 0 Å². The molecule has 0 saturated heterocycles. The molecule has 0 aliphatic heterocycles. The third kappa shape index (κ3) is 5.64. The Morgan fingerprint density at radius 3 is 2.39 bits per heavy atom. The first-order chi connectivity index (χ1) is 12.7. The van der Waals surface area contributed by atoms with Crippen molar-refractivity contribution in [3.8, 4) is 5.69 Å². The van der Waals surface area contributed by atoms with Crippen LogP contribution in [0.4, 0.5) is 23.6 Å². The van der Waals surface area contributed by atoms with Crippen molar-refractivity contribution in [2.45, 2.75) is 6.18 Å². The summed E-state index contributed by atoms with van der Waals surface area (Å²) in [5.41, 5.74) is -1.42. The summed E-state index contributed by atoms with van der Waals surface area (Å²) in [6, 6.07) is 7.29. The minimum atomic E-state index is -4.49. The van der Waals surface area contributed by atoms with Gasteiger partial charge in [-0.25, -0.2) is 5.10 Å². The van der Waals surface area contributed by atoms with Crippen molar-refractivity contribution in [3.05, 3.63) is 80.1 Å². The zero-order valence-electron chi connectivity index (χ0n) is 14.2. The van der Waals surface area contributed by atoms with Crippen LogP contribution < -0.4 is 16.4 Å². The molecule has 1 aromatic carbocycles. The van der Waals surface area contributed by atoms with E-state index >= 15 is 0 Å².